The van der Waals surface area contributed by atoms with Crippen LogP contribution in [0.5, 0.6) is 0 Å². The topological polar surface area (TPSA) is 117 Å². The second kappa shape index (κ2) is 10.7. The number of hydrogen-bond acceptors (Lipinski definition) is 5. The summed E-state index contributed by atoms with van der Waals surface area (Å²) in [5.74, 6) is -2.41. The monoisotopic (exact) mass is 613 g/mol. The van der Waals surface area contributed by atoms with Crippen LogP contribution in [0.15, 0.2) is 76.6 Å². The van der Waals surface area contributed by atoms with E-state index in [4.69, 9.17) is 0 Å². The maximum atomic E-state index is 14.1. The highest BCUT2D eigenvalue weighted by molar-refractivity contribution is 7.89. The summed E-state index contributed by atoms with van der Waals surface area (Å²) >= 11 is 0. The SMILES string of the molecule is CN(C)C(=O)c1c(Cc2cccc3ccccc23)c(-c2cccc(C(F)(F)F)c2)c2n(c1=O)C(C(=O)O)CN(C)S2(=O)=O. The van der Waals surface area contributed by atoms with Crippen LogP contribution in [-0.2, 0) is 27.4 Å². The van der Waals surface area contributed by atoms with E-state index in [1.165, 1.54) is 20.2 Å². The van der Waals surface area contributed by atoms with E-state index in [0.29, 0.717) is 15.5 Å². The number of likely N-dealkylation sites (N-methyl/N-ethyl adjacent to an activating group) is 1. The number of benzene rings is 3. The van der Waals surface area contributed by atoms with Crippen LogP contribution in [0, 0.1) is 0 Å². The van der Waals surface area contributed by atoms with Crippen LogP contribution in [0.4, 0.5) is 13.2 Å². The zero-order valence-electron chi connectivity index (χ0n) is 23.2. The lowest BCUT2D eigenvalue weighted by Gasteiger charge is -2.34. The molecule has 1 amide bonds. The van der Waals surface area contributed by atoms with Crippen molar-refractivity contribution in [2.45, 2.75) is 23.7 Å². The molecule has 9 nitrogen and oxygen atoms in total. The molecule has 43 heavy (non-hydrogen) atoms. The van der Waals surface area contributed by atoms with Crippen molar-refractivity contribution < 1.29 is 36.3 Å². The number of carboxylic acid groups (broad SMARTS) is 1. The van der Waals surface area contributed by atoms with Gasteiger partial charge in [0, 0.05) is 33.3 Å². The van der Waals surface area contributed by atoms with Gasteiger partial charge in [0.25, 0.3) is 21.5 Å². The number of carbonyl (C=O) groups excluding carboxylic acids is 1. The van der Waals surface area contributed by atoms with Gasteiger partial charge in [-0.15, -0.1) is 0 Å². The van der Waals surface area contributed by atoms with Crippen molar-refractivity contribution in [3.8, 4) is 11.1 Å². The summed E-state index contributed by atoms with van der Waals surface area (Å²) in [5, 5.41) is 10.8. The van der Waals surface area contributed by atoms with Crippen molar-refractivity contribution >= 4 is 32.7 Å². The molecule has 1 aliphatic rings. The minimum absolute atomic E-state index is 0.131. The number of halogens is 3. The molecule has 2 heterocycles. The minimum atomic E-state index is -4.81. The summed E-state index contributed by atoms with van der Waals surface area (Å²) in [6.45, 7) is -0.634. The average Bonchev–Trinajstić information content (AvgIpc) is 2.94. The molecular weight excluding hydrogens is 587 g/mol. The van der Waals surface area contributed by atoms with Gasteiger partial charge in [-0.1, -0.05) is 54.6 Å². The van der Waals surface area contributed by atoms with Gasteiger partial charge in [0.05, 0.1) is 5.56 Å². The molecule has 3 aromatic carbocycles. The Bertz CT molecular complexity index is 1960. The summed E-state index contributed by atoms with van der Waals surface area (Å²) in [5.41, 5.74) is -2.94. The Balaban J connectivity index is 2.02. The molecule has 1 aromatic heterocycles. The second-order valence-corrected chi connectivity index (χ2v) is 12.4. The lowest BCUT2D eigenvalue weighted by Crippen LogP contribution is -2.50. The van der Waals surface area contributed by atoms with Crippen molar-refractivity contribution in [3.63, 3.8) is 0 Å². The number of aromatic nitrogens is 1. The van der Waals surface area contributed by atoms with Gasteiger partial charge in [0.2, 0.25) is 0 Å². The first kappa shape index (κ1) is 30.0. The number of alkyl halides is 3. The lowest BCUT2D eigenvalue weighted by molar-refractivity contribution is -0.141. The molecule has 0 bridgehead atoms. The summed E-state index contributed by atoms with van der Waals surface area (Å²) in [6.07, 6.45) is -5.03. The Morgan fingerprint density at radius 2 is 1.67 bits per heavy atom. The summed E-state index contributed by atoms with van der Waals surface area (Å²) in [6, 6.07) is 14.6. The fourth-order valence-corrected chi connectivity index (χ4v) is 7.01. The first-order chi connectivity index (χ1) is 20.1. The molecule has 0 saturated heterocycles. The standard InChI is InChI=1S/C30H26F3N3O6S/c1-34(2)26(37)25-22(15-18-10-6-9-17-8-4-5-13-21(17)18)24(19-11-7-12-20(14-19)30(31,32)33)28-36(27(25)38)23(29(39)40)16-35(3)43(28,41)42/h4-14,23H,15-16H2,1-3H3,(H,39,40). The van der Waals surface area contributed by atoms with E-state index in [2.05, 4.69) is 0 Å². The van der Waals surface area contributed by atoms with Gasteiger partial charge in [-0.25, -0.2) is 13.2 Å². The fraction of sp³-hybridized carbons (Fsp3) is 0.233. The number of rotatable bonds is 5. The number of pyridine rings is 1. The molecule has 0 saturated carbocycles. The normalized spacial score (nSPS) is 16.6. The lowest BCUT2D eigenvalue weighted by atomic mass is 9.89. The van der Waals surface area contributed by atoms with Crippen LogP contribution in [0.25, 0.3) is 21.9 Å². The number of fused-ring (bicyclic) bond motifs is 2. The highest BCUT2D eigenvalue weighted by Crippen LogP contribution is 2.41. The molecule has 5 rings (SSSR count). The average molecular weight is 614 g/mol. The van der Waals surface area contributed by atoms with Crippen LogP contribution in [0.3, 0.4) is 0 Å². The van der Waals surface area contributed by atoms with E-state index in [1.807, 2.05) is 12.1 Å². The van der Waals surface area contributed by atoms with E-state index < -0.39 is 62.4 Å². The molecule has 1 atom stereocenters. The van der Waals surface area contributed by atoms with Crippen LogP contribution < -0.4 is 5.56 Å². The summed E-state index contributed by atoms with van der Waals surface area (Å²) in [7, 11) is -0.791. The zero-order chi connectivity index (χ0) is 31.4. The number of carbonyl (C=O) groups is 2. The van der Waals surface area contributed by atoms with Gasteiger partial charge in [-0.2, -0.15) is 17.5 Å². The molecule has 1 aliphatic heterocycles. The summed E-state index contributed by atoms with van der Waals surface area (Å²) < 4.78 is 70.7. The van der Waals surface area contributed by atoms with E-state index in [1.54, 1.807) is 30.3 Å². The Morgan fingerprint density at radius 3 is 2.33 bits per heavy atom. The Hall–Kier alpha value is -4.49. The molecule has 0 fully saturated rings. The molecule has 0 radical (unpaired) electrons. The molecule has 1 unspecified atom stereocenters. The molecule has 1 N–H and O–H groups in total. The van der Waals surface area contributed by atoms with E-state index in [9.17, 15) is 41.1 Å². The third-order valence-corrected chi connectivity index (χ3v) is 9.36. The van der Waals surface area contributed by atoms with Gasteiger partial charge in [0.15, 0.2) is 5.03 Å². The first-order valence-electron chi connectivity index (χ1n) is 13.0. The molecule has 0 aliphatic carbocycles. The molecular formula is C30H26F3N3O6S. The number of carboxylic acids is 1. The van der Waals surface area contributed by atoms with Gasteiger partial charge in [-0.05, 0) is 46.0 Å². The summed E-state index contributed by atoms with van der Waals surface area (Å²) in [4.78, 5) is 41.3. The predicted molar refractivity (Wildman–Crippen MR) is 152 cm³/mol. The highest BCUT2D eigenvalue weighted by atomic mass is 32.2. The molecule has 13 heteroatoms. The van der Waals surface area contributed by atoms with Crippen LogP contribution in [-0.4, -0.2) is 66.9 Å². The van der Waals surface area contributed by atoms with Gasteiger partial charge in [0.1, 0.15) is 11.6 Å². The third-order valence-electron chi connectivity index (χ3n) is 7.50. The highest BCUT2D eigenvalue weighted by Gasteiger charge is 2.44. The Labute approximate surface area is 244 Å². The third kappa shape index (κ3) is 5.08. The fourth-order valence-electron chi connectivity index (χ4n) is 5.42. The Morgan fingerprint density at radius 1 is 1.02 bits per heavy atom. The number of amides is 1. The second-order valence-electron chi connectivity index (χ2n) is 10.4. The maximum Gasteiger partial charge on any atom is 0.416 e. The zero-order valence-corrected chi connectivity index (χ0v) is 24.0. The number of hydrogen-bond donors (Lipinski definition) is 1. The smallest absolute Gasteiger partial charge is 0.416 e. The molecule has 224 valence electrons. The van der Waals surface area contributed by atoms with Crippen molar-refractivity contribution in [1.82, 2.24) is 13.8 Å². The van der Waals surface area contributed by atoms with Gasteiger partial charge in [-0.3, -0.25) is 14.2 Å². The van der Waals surface area contributed by atoms with Gasteiger partial charge >= 0.3 is 12.1 Å². The molecule has 0 spiro atoms. The number of aliphatic carboxylic acids is 1. The van der Waals surface area contributed by atoms with Crippen molar-refractivity contribution in [2.24, 2.45) is 0 Å². The maximum absolute atomic E-state index is 14.1. The first-order valence-corrected chi connectivity index (χ1v) is 14.4. The van der Waals surface area contributed by atoms with E-state index in [-0.39, 0.29) is 23.1 Å². The predicted octanol–water partition coefficient (Wildman–Crippen LogP) is 4.24. The van der Waals surface area contributed by atoms with Crippen LogP contribution >= 0.6 is 0 Å². The van der Waals surface area contributed by atoms with Crippen LogP contribution in [0.1, 0.15) is 33.1 Å². The number of sulfonamides is 1. The van der Waals surface area contributed by atoms with Crippen LogP contribution in [0.2, 0.25) is 0 Å². The van der Waals surface area contributed by atoms with Crippen molar-refractivity contribution in [1.29, 1.82) is 0 Å². The largest absolute Gasteiger partial charge is 0.480 e. The van der Waals surface area contributed by atoms with Gasteiger partial charge < -0.3 is 10.0 Å². The number of nitrogens with zero attached hydrogens (tertiary/aromatic N) is 3. The Kier molecular flexibility index (Phi) is 7.43. The van der Waals surface area contributed by atoms with E-state index >= 15 is 0 Å². The quantitative estimate of drug-likeness (QED) is 0.360. The molecule has 4 aromatic rings. The van der Waals surface area contributed by atoms with Crippen molar-refractivity contribution in [2.75, 3.05) is 27.7 Å². The van der Waals surface area contributed by atoms with E-state index in [0.717, 1.165) is 39.8 Å². The van der Waals surface area contributed by atoms with Crippen molar-refractivity contribution in [3.05, 3.63) is 99.3 Å². The minimum Gasteiger partial charge on any atom is -0.480 e.